The number of nitrogens with two attached hydrogens (primary N) is 1. The normalized spacial score (nSPS) is 11.9. The molecule has 3 N–H and O–H groups in total. The average molecular weight is 401 g/mol. The third kappa shape index (κ3) is 4.16. The van der Waals surface area contributed by atoms with Gasteiger partial charge in [0.2, 0.25) is 5.76 Å². The van der Waals surface area contributed by atoms with E-state index in [4.69, 9.17) is 26.6 Å². The van der Waals surface area contributed by atoms with Crippen LogP contribution in [-0.2, 0) is 11.3 Å². The molecule has 0 aliphatic carbocycles. The lowest BCUT2D eigenvalue weighted by molar-refractivity contribution is 0.121. The fourth-order valence-corrected chi connectivity index (χ4v) is 3.07. The van der Waals surface area contributed by atoms with Crippen LogP contribution in [0.5, 0.6) is 0 Å². The molecule has 7 nitrogen and oxygen atoms in total. The molecule has 1 amide bonds. The fraction of sp³-hybridized carbons (Fsp3) is 0.250. The Hall–Kier alpha value is -2.90. The van der Waals surface area contributed by atoms with Gasteiger partial charge in [0.05, 0.1) is 0 Å². The van der Waals surface area contributed by atoms with E-state index in [1.807, 2.05) is 31.2 Å². The maximum atomic E-state index is 12.4. The molecule has 3 rings (SSSR count). The Morgan fingerprint density at radius 2 is 2.00 bits per heavy atom. The number of aromatic nitrogens is 2. The van der Waals surface area contributed by atoms with Crippen molar-refractivity contribution in [1.82, 2.24) is 10.1 Å². The highest BCUT2D eigenvalue weighted by atomic mass is 35.5. The molecule has 0 fully saturated rings. The SMILES string of the molecule is Cc1nc(-c2onc(C)c2NC(=O)O[C@H](C)c2ccccc2Cl)ccc1CN. The van der Waals surface area contributed by atoms with E-state index in [1.54, 1.807) is 26.0 Å². The largest absolute Gasteiger partial charge is 0.441 e. The van der Waals surface area contributed by atoms with Crippen molar-refractivity contribution >= 4 is 23.4 Å². The zero-order valence-corrected chi connectivity index (χ0v) is 16.6. The van der Waals surface area contributed by atoms with E-state index in [0.717, 1.165) is 16.8 Å². The zero-order chi connectivity index (χ0) is 20.3. The van der Waals surface area contributed by atoms with Crippen molar-refractivity contribution in [3.05, 3.63) is 63.9 Å². The molecule has 28 heavy (non-hydrogen) atoms. The molecule has 0 saturated heterocycles. The summed E-state index contributed by atoms with van der Waals surface area (Å²) in [4.78, 5) is 16.9. The summed E-state index contributed by atoms with van der Waals surface area (Å²) in [7, 11) is 0. The predicted octanol–water partition coefficient (Wildman–Crippen LogP) is 4.78. The number of hydrogen-bond acceptors (Lipinski definition) is 6. The molecule has 0 bridgehead atoms. The number of hydrogen-bond donors (Lipinski definition) is 2. The second-order valence-electron chi connectivity index (χ2n) is 6.31. The standard InChI is InChI=1S/C20H21ClN4O3/c1-11-14(10-22)8-9-17(23-11)19-18(12(2)25-28-19)24-20(26)27-13(3)15-6-4-5-7-16(15)21/h4-9,13H,10,22H2,1-3H3,(H,24,26)/t13-/m1/s1. The van der Waals surface area contributed by atoms with Crippen LogP contribution < -0.4 is 11.1 Å². The summed E-state index contributed by atoms with van der Waals surface area (Å²) in [6, 6.07) is 10.9. The molecule has 0 unspecified atom stereocenters. The van der Waals surface area contributed by atoms with Crippen LogP contribution in [0.15, 0.2) is 40.9 Å². The number of aryl methyl sites for hydroxylation is 2. The highest BCUT2D eigenvalue weighted by molar-refractivity contribution is 6.31. The molecule has 0 saturated carbocycles. The minimum Gasteiger partial charge on any atom is -0.441 e. The first-order chi connectivity index (χ1) is 13.4. The molecule has 1 atom stereocenters. The number of benzene rings is 1. The summed E-state index contributed by atoms with van der Waals surface area (Å²) >= 11 is 6.16. The number of nitrogens with one attached hydrogen (secondary N) is 1. The maximum absolute atomic E-state index is 12.4. The lowest BCUT2D eigenvalue weighted by Crippen LogP contribution is -2.17. The Labute approximate surface area is 167 Å². The Bertz CT molecular complexity index is 1000. The summed E-state index contributed by atoms with van der Waals surface area (Å²) in [6.45, 7) is 5.73. The van der Waals surface area contributed by atoms with Gasteiger partial charge in [-0.3, -0.25) is 5.32 Å². The number of anilines is 1. The molecule has 2 heterocycles. The molecule has 0 aliphatic rings. The van der Waals surface area contributed by atoms with Crippen molar-refractivity contribution in [1.29, 1.82) is 0 Å². The number of carbonyl (C=O) groups is 1. The van der Waals surface area contributed by atoms with E-state index in [-0.39, 0.29) is 0 Å². The van der Waals surface area contributed by atoms with Gasteiger partial charge in [-0.05, 0) is 38.5 Å². The molecular weight excluding hydrogens is 380 g/mol. The molecule has 8 heteroatoms. The number of halogens is 1. The van der Waals surface area contributed by atoms with Crippen molar-refractivity contribution in [2.75, 3.05) is 5.32 Å². The number of nitrogens with zero attached hydrogens (tertiary/aromatic N) is 2. The van der Waals surface area contributed by atoms with E-state index in [1.165, 1.54) is 0 Å². The van der Waals surface area contributed by atoms with Gasteiger partial charge in [-0.25, -0.2) is 9.78 Å². The van der Waals surface area contributed by atoms with Crippen LogP contribution in [0.25, 0.3) is 11.5 Å². The molecule has 0 radical (unpaired) electrons. The van der Waals surface area contributed by atoms with Crippen LogP contribution in [0.3, 0.4) is 0 Å². The van der Waals surface area contributed by atoms with Crippen molar-refractivity contribution in [3.8, 4) is 11.5 Å². The van der Waals surface area contributed by atoms with Crippen LogP contribution in [0.2, 0.25) is 5.02 Å². The summed E-state index contributed by atoms with van der Waals surface area (Å²) in [6.07, 6.45) is -1.17. The van der Waals surface area contributed by atoms with Gasteiger partial charge >= 0.3 is 6.09 Å². The van der Waals surface area contributed by atoms with E-state index < -0.39 is 12.2 Å². The van der Waals surface area contributed by atoms with Gasteiger partial charge in [-0.15, -0.1) is 0 Å². The average Bonchev–Trinajstić information content (AvgIpc) is 3.02. The van der Waals surface area contributed by atoms with E-state index in [2.05, 4.69) is 15.5 Å². The number of rotatable bonds is 5. The number of amides is 1. The molecular formula is C20H21ClN4O3. The lowest BCUT2D eigenvalue weighted by Gasteiger charge is -2.15. The zero-order valence-electron chi connectivity index (χ0n) is 15.8. The van der Waals surface area contributed by atoms with Gasteiger partial charge in [0.25, 0.3) is 0 Å². The van der Waals surface area contributed by atoms with Crippen LogP contribution >= 0.6 is 11.6 Å². The van der Waals surface area contributed by atoms with Crippen LogP contribution in [0.1, 0.15) is 35.5 Å². The smallest absolute Gasteiger partial charge is 0.412 e. The highest BCUT2D eigenvalue weighted by Crippen LogP contribution is 2.31. The second-order valence-corrected chi connectivity index (χ2v) is 6.72. The van der Waals surface area contributed by atoms with Crippen molar-refractivity contribution < 1.29 is 14.1 Å². The van der Waals surface area contributed by atoms with Gasteiger partial charge in [-0.1, -0.05) is 41.0 Å². The maximum Gasteiger partial charge on any atom is 0.412 e. The summed E-state index contributed by atoms with van der Waals surface area (Å²) < 4.78 is 10.8. The molecule has 0 aliphatic heterocycles. The first kappa shape index (κ1) is 19.9. The summed E-state index contributed by atoms with van der Waals surface area (Å²) in [5.74, 6) is 0.353. The number of carbonyl (C=O) groups excluding carboxylic acids is 1. The number of pyridine rings is 1. The van der Waals surface area contributed by atoms with Crippen molar-refractivity contribution in [2.24, 2.45) is 5.73 Å². The monoisotopic (exact) mass is 400 g/mol. The molecule has 0 spiro atoms. The molecule has 2 aromatic heterocycles. The summed E-state index contributed by atoms with van der Waals surface area (Å²) in [5, 5.41) is 7.17. The summed E-state index contributed by atoms with van der Waals surface area (Å²) in [5.41, 5.74) is 9.59. The van der Waals surface area contributed by atoms with Gasteiger partial charge in [0, 0.05) is 22.8 Å². The predicted molar refractivity (Wildman–Crippen MR) is 107 cm³/mol. The highest BCUT2D eigenvalue weighted by Gasteiger charge is 2.21. The van der Waals surface area contributed by atoms with Gasteiger partial charge in [0.1, 0.15) is 23.2 Å². The van der Waals surface area contributed by atoms with Gasteiger partial charge < -0.3 is 15.0 Å². The van der Waals surface area contributed by atoms with E-state index in [0.29, 0.717) is 34.4 Å². The first-order valence-corrected chi connectivity index (χ1v) is 9.13. The van der Waals surface area contributed by atoms with Crippen molar-refractivity contribution in [3.63, 3.8) is 0 Å². The molecule has 3 aromatic rings. The van der Waals surface area contributed by atoms with E-state index in [9.17, 15) is 4.79 Å². The minimum atomic E-state index is -0.643. The Balaban J connectivity index is 1.80. The topological polar surface area (TPSA) is 103 Å². The lowest BCUT2D eigenvalue weighted by atomic mass is 10.1. The van der Waals surface area contributed by atoms with Gasteiger partial charge in [-0.2, -0.15) is 0 Å². The Morgan fingerprint density at radius 1 is 1.25 bits per heavy atom. The third-order valence-corrected chi connectivity index (χ3v) is 4.71. The first-order valence-electron chi connectivity index (χ1n) is 8.76. The number of ether oxygens (including phenoxy) is 1. The molecule has 146 valence electrons. The Kier molecular flexibility index (Phi) is 5.96. The quantitative estimate of drug-likeness (QED) is 0.639. The third-order valence-electron chi connectivity index (χ3n) is 4.36. The van der Waals surface area contributed by atoms with E-state index >= 15 is 0 Å². The fourth-order valence-electron chi connectivity index (χ4n) is 2.78. The molecule has 1 aromatic carbocycles. The van der Waals surface area contributed by atoms with Gasteiger partial charge in [0.15, 0.2) is 0 Å². The van der Waals surface area contributed by atoms with Crippen LogP contribution in [0.4, 0.5) is 10.5 Å². The van der Waals surface area contributed by atoms with Crippen LogP contribution in [-0.4, -0.2) is 16.2 Å². The second kappa shape index (κ2) is 8.41. The Morgan fingerprint density at radius 3 is 2.68 bits per heavy atom. The van der Waals surface area contributed by atoms with Crippen LogP contribution in [0, 0.1) is 13.8 Å². The minimum absolute atomic E-state index is 0.353. The van der Waals surface area contributed by atoms with Crippen molar-refractivity contribution in [2.45, 2.75) is 33.4 Å².